The average Bonchev–Trinajstić information content (AvgIpc) is 2.76. The molecule has 0 radical (unpaired) electrons. The Hall–Kier alpha value is -1.43. The number of nitrogens with zero attached hydrogens (tertiary/aromatic N) is 1. The van der Waals surface area contributed by atoms with Crippen LogP contribution in [0.3, 0.4) is 0 Å². The predicted molar refractivity (Wildman–Crippen MR) is 75.2 cm³/mol. The summed E-state index contributed by atoms with van der Waals surface area (Å²) in [7, 11) is 0. The van der Waals surface area contributed by atoms with Crippen LogP contribution in [0.25, 0.3) is 10.9 Å². The summed E-state index contributed by atoms with van der Waals surface area (Å²) in [6.07, 6.45) is 0. The Morgan fingerprint density at radius 3 is 2.84 bits per heavy atom. The summed E-state index contributed by atoms with van der Waals surface area (Å²) < 4.78 is 15.6. The van der Waals surface area contributed by atoms with Crippen LogP contribution in [0.5, 0.6) is 0 Å². The normalized spacial score (nSPS) is 16.6. The maximum Gasteiger partial charge on any atom is 0.251 e. The predicted octanol–water partition coefficient (Wildman–Crippen LogP) is 1.17. The summed E-state index contributed by atoms with van der Waals surface area (Å²) in [6, 6.07) is 6.24. The standard InChI is InChI=1S/C13H14FN3O.ClH/c14-9-3-1-8-2-4-11(18)17-7-10(16-6-5-15)12(9)13(8)17;/h1-4,10,16H,5-7,15H2;1H/t10-;/m0./s1. The van der Waals surface area contributed by atoms with Crippen LogP contribution in [-0.2, 0) is 6.54 Å². The molecular formula is C13H15ClFN3O. The van der Waals surface area contributed by atoms with Gasteiger partial charge in [-0.25, -0.2) is 4.39 Å². The average molecular weight is 284 g/mol. The highest BCUT2D eigenvalue weighted by molar-refractivity contribution is 5.85. The van der Waals surface area contributed by atoms with E-state index in [0.29, 0.717) is 30.7 Å². The Labute approximate surface area is 115 Å². The van der Waals surface area contributed by atoms with Crippen molar-refractivity contribution < 1.29 is 4.39 Å². The van der Waals surface area contributed by atoms with E-state index in [-0.39, 0.29) is 29.8 Å². The number of benzene rings is 1. The van der Waals surface area contributed by atoms with Gasteiger partial charge in [0, 0.05) is 31.3 Å². The molecule has 3 rings (SSSR count). The SMILES string of the molecule is Cl.NCCN[C@H]1Cn2c(=O)ccc3ccc(F)c1c32. The van der Waals surface area contributed by atoms with E-state index in [9.17, 15) is 9.18 Å². The number of nitrogens with one attached hydrogen (secondary N) is 1. The Bertz CT molecular complexity index is 671. The zero-order chi connectivity index (χ0) is 12.7. The highest BCUT2D eigenvalue weighted by Crippen LogP contribution is 2.32. The number of hydrogen-bond donors (Lipinski definition) is 2. The summed E-state index contributed by atoms with van der Waals surface area (Å²) in [6.45, 7) is 1.55. The van der Waals surface area contributed by atoms with Crippen molar-refractivity contribution in [3.8, 4) is 0 Å². The molecular weight excluding hydrogens is 269 g/mol. The molecule has 0 fully saturated rings. The van der Waals surface area contributed by atoms with Crippen LogP contribution in [0.15, 0.2) is 29.1 Å². The lowest BCUT2D eigenvalue weighted by Gasteiger charge is -2.12. The zero-order valence-corrected chi connectivity index (χ0v) is 11.0. The lowest BCUT2D eigenvalue weighted by atomic mass is 10.1. The number of nitrogens with two attached hydrogens (primary N) is 1. The van der Waals surface area contributed by atoms with E-state index in [2.05, 4.69) is 5.32 Å². The first-order chi connectivity index (χ1) is 8.72. The number of rotatable bonds is 3. The van der Waals surface area contributed by atoms with Crippen molar-refractivity contribution in [2.75, 3.05) is 13.1 Å². The Morgan fingerprint density at radius 1 is 1.37 bits per heavy atom. The van der Waals surface area contributed by atoms with Crippen LogP contribution in [-0.4, -0.2) is 17.7 Å². The Kier molecular flexibility index (Phi) is 3.89. The number of pyridine rings is 1. The summed E-state index contributed by atoms with van der Waals surface area (Å²) in [5.74, 6) is -0.270. The van der Waals surface area contributed by atoms with E-state index in [4.69, 9.17) is 5.73 Å². The van der Waals surface area contributed by atoms with Gasteiger partial charge in [-0.15, -0.1) is 12.4 Å². The van der Waals surface area contributed by atoms with Gasteiger partial charge >= 0.3 is 0 Å². The van der Waals surface area contributed by atoms with E-state index in [0.717, 1.165) is 5.39 Å². The molecule has 6 heteroatoms. The molecule has 102 valence electrons. The second-order valence-electron chi connectivity index (χ2n) is 4.48. The Balaban J connectivity index is 0.00000133. The largest absolute Gasteiger partial charge is 0.329 e. The number of hydrogen-bond acceptors (Lipinski definition) is 3. The summed E-state index contributed by atoms with van der Waals surface area (Å²) in [4.78, 5) is 11.8. The summed E-state index contributed by atoms with van der Waals surface area (Å²) >= 11 is 0. The van der Waals surface area contributed by atoms with Gasteiger partial charge in [0.1, 0.15) is 5.82 Å². The molecule has 1 aromatic heterocycles. The summed E-state index contributed by atoms with van der Waals surface area (Å²) in [5.41, 5.74) is 6.65. The third-order valence-electron chi connectivity index (χ3n) is 3.39. The fourth-order valence-electron chi connectivity index (χ4n) is 2.61. The maximum absolute atomic E-state index is 14.0. The first kappa shape index (κ1) is 14.0. The molecule has 0 saturated carbocycles. The second-order valence-corrected chi connectivity index (χ2v) is 4.48. The van der Waals surface area contributed by atoms with Crippen LogP contribution < -0.4 is 16.6 Å². The minimum atomic E-state index is -0.270. The third kappa shape index (κ3) is 2.14. The molecule has 0 amide bonds. The molecule has 0 unspecified atom stereocenters. The Morgan fingerprint density at radius 2 is 2.11 bits per heavy atom. The number of halogens is 2. The first-order valence-electron chi connectivity index (χ1n) is 5.98. The van der Waals surface area contributed by atoms with Crippen molar-refractivity contribution in [3.05, 3.63) is 46.0 Å². The fourth-order valence-corrected chi connectivity index (χ4v) is 2.61. The molecule has 1 aliphatic heterocycles. The molecule has 1 atom stereocenters. The van der Waals surface area contributed by atoms with Crippen LogP contribution >= 0.6 is 12.4 Å². The van der Waals surface area contributed by atoms with Crippen molar-refractivity contribution in [3.63, 3.8) is 0 Å². The summed E-state index contributed by atoms with van der Waals surface area (Å²) in [5, 5.41) is 4.07. The smallest absolute Gasteiger partial charge is 0.251 e. The lowest BCUT2D eigenvalue weighted by molar-refractivity contribution is 0.479. The quantitative estimate of drug-likeness (QED) is 0.889. The van der Waals surface area contributed by atoms with Crippen LogP contribution in [0.2, 0.25) is 0 Å². The van der Waals surface area contributed by atoms with Gasteiger partial charge in [-0.1, -0.05) is 0 Å². The minimum absolute atomic E-state index is 0. The van der Waals surface area contributed by atoms with E-state index >= 15 is 0 Å². The first-order valence-corrected chi connectivity index (χ1v) is 5.98. The molecule has 1 aromatic carbocycles. The van der Waals surface area contributed by atoms with Gasteiger partial charge < -0.3 is 15.6 Å². The maximum atomic E-state index is 14.0. The van der Waals surface area contributed by atoms with Crippen molar-refractivity contribution in [2.45, 2.75) is 12.6 Å². The van der Waals surface area contributed by atoms with Gasteiger partial charge in [-0.2, -0.15) is 0 Å². The van der Waals surface area contributed by atoms with E-state index in [1.807, 2.05) is 0 Å². The highest BCUT2D eigenvalue weighted by atomic mass is 35.5. The minimum Gasteiger partial charge on any atom is -0.329 e. The van der Waals surface area contributed by atoms with Crippen molar-refractivity contribution in [1.29, 1.82) is 0 Å². The molecule has 4 nitrogen and oxygen atoms in total. The molecule has 3 N–H and O–H groups in total. The molecule has 19 heavy (non-hydrogen) atoms. The topological polar surface area (TPSA) is 60.0 Å². The molecule has 1 aliphatic rings. The van der Waals surface area contributed by atoms with Crippen LogP contribution in [0.1, 0.15) is 11.6 Å². The molecule has 0 saturated heterocycles. The van der Waals surface area contributed by atoms with E-state index < -0.39 is 0 Å². The van der Waals surface area contributed by atoms with Gasteiger partial charge in [0.15, 0.2) is 0 Å². The van der Waals surface area contributed by atoms with E-state index in [1.54, 1.807) is 16.7 Å². The highest BCUT2D eigenvalue weighted by Gasteiger charge is 2.27. The zero-order valence-electron chi connectivity index (χ0n) is 10.2. The molecule has 0 aliphatic carbocycles. The van der Waals surface area contributed by atoms with Crippen molar-refractivity contribution in [2.24, 2.45) is 5.73 Å². The second kappa shape index (κ2) is 5.28. The van der Waals surface area contributed by atoms with Crippen molar-refractivity contribution in [1.82, 2.24) is 9.88 Å². The van der Waals surface area contributed by atoms with Gasteiger partial charge in [0.25, 0.3) is 5.56 Å². The molecule has 2 heterocycles. The van der Waals surface area contributed by atoms with E-state index in [1.165, 1.54) is 12.1 Å². The van der Waals surface area contributed by atoms with Gasteiger partial charge in [-0.05, 0) is 23.6 Å². The third-order valence-corrected chi connectivity index (χ3v) is 3.39. The monoisotopic (exact) mass is 283 g/mol. The van der Waals surface area contributed by atoms with Gasteiger partial charge in [-0.3, -0.25) is 4.79 Å². The van der Waals surface area contributed by atoms with Gasteiger partial charge in [0.05, 0.1) is 11.6 Å². The lowest BCUT2D eigenvalue weighted by Crippen LogP contribution is -2.29. The van der Waals surface area contributed by atoms with Crippen LogP contribution in [0, 0.1) is 5.82 Å². The fraction of sp³-hybridized carbons (Fsp3) is 0.308. The molecule has 0 bridgehead atoms. The molecule has 0 spiro atoms. The number of aromatic nitrogens is 1. The van der Waals surface area contributed by atoms with Gasteiger partial charge in [0.2, 0.25) is 0 Å². The molecule has 2 aromatic rings. The van der Waals surface area contributed by atoms with Crippen LogP contribution in [0.4, 0.5) is 4.39 Å². The van der Waals surface area contributed by atoms with Crippen molar-refractivity contribution >= 4 is 23.3 Å².